The molecule has 3 rings (SSSR count). The molecule has 0 unspecified atom stereocenters. The van der Waals surface area contributed by atoms with Crippen LogP contribution in [-0.2, 0) is 21.4 Å². The lowest BCUT2D eigenvalue weighted by Gasteiger charge is -2.32. The molecule has 0 radical (unpaired) electrons. The lowest BCUT2D eigenvalue weighted by molar-refractivity contribution is -0.135. The van der Waals surface area contributed by atoms with Gasteiger partial charge in [0.1, 0.15) is 5.75 Å². The number of hydrogen-bond donors (Lipinski definition) is 0. The average molecular weight is 507 g/mol. The quantitative estimate of drug-likeness (QED) is 0.516. The normalized spacial score (nSPS) is 14.9. The number of carbonyl (C=O) groups excluding carboxylic acids is 1. The van der Waals surface area contributed by atoms with Gasteiger partial charge < -0.3 is 23.8 Å². The third-order valence-corrected chi connectivity index (χ3v) is 8.22. The molecule has 0 aromatic heterocycles. The molecule has 35 heavy (non-hydrogen) atoms. The van der Waals surface area contributed by atoms with Gasteiger partial charge in [0.15, 0.2) is 11.5 Å². The molecule has 2 aromatic rings. The van der Waals surface area contributed by atoms with Crippen LogP contribution in [0.2, 0.25) is 0 Å². The van der Waals surface area contributed by atoms with Crippen LogP contribution in [0.5, 0.6) is 23.0 Å². The summed E-state index contributed by atoms with van der Waals surface area (Å²) in [6, 6.07) is 8.48. The summed E-state index contributed by atoms with van der Waals surface area (Å²) in [6.45, 7) is 2.76. The molecule has 1 saturated heterocycles. The largest absolute Gasteiger partial charge is 0.496 e. The molecule has 0 saturated carbocycles. The fourth-order valence-corrected chi connectivity index (χ4v) is 5.95. The van der Waals surface area contributed by atoms with Crippen molar-refractivity contribution in [1.82, 2.24) is 9.21 Å². The zero-order valence-corrected chi connectivity index (χ0v) is 22.0. The first kappa shape index (κ1) is 26.6. The third-order valence-electron chi connectivity index (χ3n) is 6.33. The Labute approximate surface area is 207 Å². The monoisotopic (exact) mass is 506 g/mol. The predicted octanol–water partition coefficient (Wildman–Crippen LogP) is 3.09. The van der Waals surface area contributed by atoms with E-state index >= 15 is 0 Å². The number of ether oxygens (including phenoxy) is 4. The van der Waals surface area contributed by atoms with Crippen molar-refractivity contribution in [2.45, 2.75) is 31.2 Å². The van der Waals surface area contributed by atoms with Gasteiger partial charge >= 0.3 is 0 Å². The Hall–Kier alpha value is -2.98. The van der Waals surface area contributed by atoms with Gasteiger partial charge in [-0.1, -0.05) is 0 Å². The summed E-state index contributed by atoms with van der Waals surface area (Å²) >= 11 is 0. The van der Waals surface area contributed by atoms with E-state index in [1.807, 2.05) is 19.1 Å². The molecular weight excluding hydrogens is 472 g/mol. The molecule has 0 aliphatic carbocycles. The van der Waals surface area contributed by atoms with Crippen LogP contribution in [0.15, 0.2) is 35.2 Å². The first-order valence-electron chi connectivity index (χ1n) is 11.3. The van der Waals surface area contributed by atoms with Crippen LogP contribution in [-0.4, -0.2) is 72.1 Å². The number of sulfonamides is 1. The fourth-order valence-electron chi connectivity index (χ4n) is 4.39. The van der Waals surface area contributed by atoms with E-state index in [1.165, 1.54) is 11.4 Å². The molecule has 1 aliphatic heterocycles. The van der Waals surface area contributed by atoms with Gasteiger partial charge in [-0.05, 0) is 61.2 Å². The first-order valence-corrected chi connectivity index (χ1v) is 12.8. The Bertz CT molecular complexity index is 1130. The summed E-state index contributed by atoms with van der Waals surface area (Å²) in [5, 5.41) is 0. The van der Waals surface area contributed by atoms with Crippen LogP contribution in [0, 0.1) is 12.8 Å². The lowest BCUT2D eigenvalue weighted by Crippen LogP contribution is -2.43. The second-order valence-electron chi connectivity index (χ2n) is 8.54. The molecule has 9 nitrogen and oxygen atoms in total. The van der Waals surface area contributed by atoms with Crippen molar-refractivity contribution in [2.75, 3.05) is 48.6 Å². The van der Waals surface area contributed by atoms with E-state index in [0.717, 1.165) is 11.1 Å². The van der Waals surface area contributed by atoms with Gasteiger partial charge in [-0.25, -0.2) is 8.42 Å². The Balaban J connectivity index is 1.65. The SMILES string of the molecule is COc1ccc(S(=O)(=O)N2CCC(C(=O)N(C)Cc3cc(OC)c(OC)c(OC)c3)CC2)cc1C. The number of rotatable bonds is 9. The second-order valence-corrected chi connectivity index (χ2v) is 10.5. The van der Waals surface area contributed by atoms with Crippen molar-refractivity contribution < 1.29 is 32.2 Å². The Kier molecular flexibility index (Phi) is 8.50. The molecule has 0 N–H and O–H groups in total. The van der Waals surface area contributed by atoms with Crippen molar-refractivity contribution in [3.05, 3.63) is 41.5 Å². The van der Waals surface area contributed by atoms with Crippen LogP contribution in [0.4, 0.5) is 0 Å². The summed E-state index contributed by atoms with van der Waals surface area (Å²) < 4.78 is 49.1. The summed E-state index contributed by atoms with van der Waals surface area (Å²) in [5.41, 5.74) is 1.59. The van der Waals surface area contributed by atoms with E-state index in [0.29, 0.717) is 55.5 Å². The minimum Gasteiger partial charge on any atom is -0.496 e. The number of carbonyl (C=O) groups is 1. The van der Waals surface area contributed by atoms with E-state index < -0.39 is 10.0 Å². The van der Waals surface area contributed by atoms with Crippen LogP contribution in [0.1, 0.15) is 24.0 Å². The molecule has 2 aromatic carbocycles. The molecule has 1 heterocycles. The molecule has 0 bridgehead atoms. The topological polar surface area (TPSA) is 94.6 Å². The van der Waals surface area contributed by atoms with E-state index in [9.17, 15) is 13.2 Å². The second kappa shape index (κ2) is 11.2. The van der Waals surface area contributed by atoms with Crippen molar-refractivity contribution in [3.63, 3.8) is 0 Å². The van der Waals surface area contributed by atoms with Gasteiger partial charge in [-0.2, -0.15) is 4.31 Å². The first-order chi connectivity index (χ1) is 16.7. The number of methoxy groups -OCH3 is 4. The standard InChI is InChI=1S/C25H34N2O7S/c1-17-13-20(7-8-21(17)31-3)35(29,30)27-11-9-19(10-12-27)25(28)26(2)16-18-14-22(32-4)24(34-6)23(15-18)33-5/h7-8,13-15,19H,9-12,16H2,1-6H3. The molecule has 1 aliphatic rings. The maximum absolute atomic E-state index is 13.1. The van der Waals surface area contributed by atoms with Crippen molar-refractivity contribution in [2.24, 2.45) is 5.92 Å². The number of benzene rings is 2. The van der Waals surface area contributed by atoms with Gasteiger partial charge in [-0.15, -0.1) is 0 Å². The van der Waals surface area contributed by atoms with Crippen LogP contribution in [0.25, 0.3) is 0 Å². The Morgan fingerprint density at radius 3 is 2.00 bits per heavy atom. The number of piperidine rings is 1. The zero-order chi connectivity index (χ0) is 25.8. The molecule has 0 atom stereocenters. The third kappa shape index (κ3) is 5.65. The Morgan fingerprint density at radius 2 is 1.51 bits per heavy atom. The number of hydrogen-bond acceptors (Lipinski definition) is 7. The molecule has 0 spiro atoms. The highest BCUT2D eigenvalue weighted by Gasteiger charge is 2.33. The minimum atomic E-state index is -3.64. The molecule has 192 valence electrons. The summed E-state index contributed by atoms with van der Waals surface area (Å²) in [7, 11) is 4.29. The van der Waals surface area contributed by atoms with Gasteiger partial charge in [0.05, 0.1) is 33.3 Å². The molecule has 1 fully saturated rings. The van der Waals surface area contributed by atoms with Crippen LogP contribution < -0.4 is 18.9 Å². The van der Waals surface area contributed by atoms with Crippen LogP contribution in [0.3, 0.4) is 0 Å². The number of aryl methyl sites for hydroxylation is 1. The highest BCUT2D eigenvalue weighted by Crippen LogP contribution is 2.38. The van der Waals surface area contributed by atoms with Gasteiger partial charge in [-0.3, -0.25) is 4.79 Å². The number of nitrogens with zero attached hydrogens (tertiary/aromatic N) is 2. The van der Waals surface area contributed by atoms with E-state index in [2.05, 4.69) is 0 Å². The lowest BCUT2D eigenvalue weighted by atomic mass is 9.96. The maximum atomic E-state index is 13.1. The van der Waals surface area contributed by atoms with Gasteiger partial charge in [0.2, 0.25) is 21.7 Å². The highest BCUT2D eigenvalue weighted by atomic mass is 32.2. The predicted molar refractivity (Wildman–Crippen MR) is 132 cm³/mol. The van der Waals surface area contributed by atoms with Crippen molar-refractivity contribution in [3.8, 4) is 23.0 Å². The Morgan fingerprint density at radius 1 is 0.943 bits per heavy atom. The highest BCUT2D eigenvalue weighted by molar-refractivity contribution is 7.89. The smallest absolute Gasteiger partial charge is 0.243 e. The molecular formula is C25H34N2O7S. The molecule has 10 heteroatoms. The average Bonchev–Trinajstić information content (AvgIpc) is 2.87. The summed E-state index contributed by atoms with van der Waals surface area (Å²) in [5.74, 6) is 1.92. The molecule has 1 amide bonds. The van der Waals surface area contributed by atoms with Crippen LogP contribution >= 0.6 is 0 Å². The summed E-state index contributed by atoms with van der Waals surface area (Å²) in [6.07, 6.45) is 0.930. The maximum Gasteiger partial charge on any atom is 0.243 e. The van der Waals surface area contributed by atoms with E-state index in [1.54, 1.807) is 51.5 Å². The summed E-state index contributed by atoms with van der Waals surface area (Å²) in [4.78, 5) is 15.0. The van der Waals surface area contributed by atoms with Gasteiger partial charge in [0, 0.05) is 32.6 Å². The van der Waals surface area contributed by atoms with Crippen molar-refractivity contribution >= 4 is 15.9 Å². The van der Waals surface area contributed by atoms with E-state index in [4.69, 9.17) is 18.9 Å². The number of amides is 1. The zero-order valence-electron chi connectivity index (χ0n) is 21.2. The minimum absolute atomic E-state index is 0.0175. The van der Waals surface area contributed by atoms with Crippen molar-refractivity contribution in [1.29, 1.82) is 0 Å². The fraction of sp³-hybridized carbons (Fsp3) is 0.480. The van der Waals surface area contributed by atoms with E-state index in [-0.39, 0.29) is 16.7 Å². The van der Waals surface area contributed by atoms with Gasteiger partial charge in [0.25, 0.3) is 0 Å².